The van der Waals surface area contributed by atoms with Crippen LogP contribution in [0.1, 0.15) is 42.7 Å². The summed E-state index contributed by atoms with van der Waals surface area (Å²) in [5.74, 6) is 1.32. The zero-order chi connectivity index (χ0) is 23.3. The van der Waals surface area contributed by atoms with Gasteiger partial charge in [-0.05, 0) is 62.4 Å². The first-order valence-electron chi connectivity index (χ1n) is 12.4. The first-order valence-corrected chi connectivity index (χ1v) is 12.4. The van der Waals surface area contributed by atoms with E-state index in [2.05, 4.69) is 49.5 Å². The van der Waals surface area contributed by atoms with E-state index in [1.54, 1.807) is 0 Å². The number of aryl methyl sites for hydroxylation is 1. The van der Waals surface area contributed by atoms with Crippen LogP contribution in [-0.2, 0) is 17.9 Å². The second-order valence-electron chi connectivity index (χ2n) is 9.48. The van der Waals surface area contributed by atoms with E-state index in [-0.39, 0.29) is 11.8 Å². The van der Waals surface area contributed by atoms with E-state index in [4.69, 9.17) is 4.52 Å². The average Bonchev–Trinajstić information content (AvgIpc) is 3.56. The highest BCUT2D eigenvalue weighted by Crippen LogP contribution is 2.23. The van der Waals surface area contributed by atoms with Crippen molar-refractivity contribution < 1.29 is 9.32 Å². The molecule has 178 valence electrons. The topological polar surface area (TPSA) is 74.5 Å². The fraction of sp³-hybridized carbons (Fsp3) is 0.444. The van der Waals surface area contributed by atoms with Crippen LogP contribution < -0.4 is 10.2 Å². The van der Waals surface area contributed by atoms with Gasteiger partial charge in [0.1, 0.15) is 0 Å². The summed E-state index contributed by atoms with van der Waals surface area (Å²) in [6.07, 6.45) is 4.45. The summed E-state index contributed by atoms with van der Waals surface area (Å²) in [5, 5.41) is 7.31. The molecule has 7 nitrogen and oxygen atoms in total. The van der Waals surface area contributed by atoms with Crippen molar-refractivity contribution in [1.29, 1.82) is 0 Å². The number of nitrogens with zero attached hydrogens (tertiary/aromatic N) is 4. The molecule has 2 saturated heterocycles. The highest BCUT2D eigenvalue weighted by atomic mass is 16.5. The third kappa shape index (κ3) is 5.30. The maximum Gasteiger partial charge on any atom is 0.241 e. The number of carbonyl (C=O) groups is 1. The van der Waals surface area contributed by atoms with E-state index in [0.29, 0.717) is 31.3 Å². The van der Waals surface area contributed by atoms with Gasteiger partial charge in [0, 0.05) is 37.4 Å². The lowest BCUT2D eigenvalue weighted by Crippen LogP contribution is -2.42. The molecule has 1 unspecified atom stereocenters. The van der Waals surface area contributed by atoms with Gasteiger partial charge in [0.05, 0.1) is 12.5 Å². The quantitative estimate of drug-likeness (QED) is 0.572. The predicted molar refractivity (Wildman–Crippen MR) is 132 cm³/mol. The summed E-state index contributed by atoms with van der Waals surface area (Å²) in [6, 6.07) is 16.6. The minimum Gasteiger partial charge on any atom is -0.372 e. The Bertz CT molecular complexity index is 1100. The summed E-state index contributed by atoms with van der Waals surface area (Å²) in [5.41, 5.74) is 4.53. The number of hydrogen-bond donors (Lipinski definition) is 1. The third-order valence-electron chi connectivity index (χ3n) is 6.96. The molecule has 0 spiro atoms. The number of benzene rings is 2. The number of hydrogen-bond acceptors (Lipinski definition) is 6. The average molecular weight is 460 g/mol. The number of piperidine rings is 1. The molecule has 7 heteroatoms. The molecule has 5 rings (SSSR count). The Morgan fingerprint density at radius 3 is 2.65 bits per heavy atom. The Balaban J connectivity index is 1.12. The Morgan fingerprint density at radius 1 is 1.06 bits per heavy atom. The van der Waals surface area contributed by atoms with Crippen molar-refractivity contribution in [3.05, 3.63) is 65.5 Å². The number of aromatic nitrogens is 2. The van der Waals surface area contributed by atoms with Crippen molar-refractivity contribution in [2.24, 2.45) is 5.92 Å². The zero-order valence-electron chi connectivity index (χ0n) is 19.9. The van der Waals surface area contributed by atoms with Crippen LogP contribution in [0.25, 0.3) is 11.4 Å². The van der Waals surface area contributed by atoms with Gasteiger partial charge in [0.2, 0.25) is 17.6 Å². The van der Waals surface area contributed by atoms with E-state index >= 15 is 0 Å². The van der Waals surface area contributed by atoms with Crippen LogP contribution >= 0.6 is 0 Å². The molecular formula is C27H33N5O2. The van der Waals surface area contributed by atoms with Gasteiger partial charge < -0.3 is 14.7 Å². The fourth-order valence-corrected chi connectivity index (χ4v) is 4.99. The van der Waals surface area contributed by atoms with Gasteiger partial charge in [-0.3, -0.25) is 9.69 Å². The normalized spacial score (nSPS) is 18.9. The maximum absolute atomic E-state index is 12.9. The summed E-state index contributed by atoms with van der Waals surface area (Å²) in [4.78, 5) is 22.1. The molecule has 0 bridgehead atoms. The standard InChI is InChI=1S/C27H33N5O2/c1-20-7-2-3-9-24(20)26-29-25(34-30-26)19-31-14-6-8-22(18-31)27(33)28-17-21-10-12-23(13-11-21)32-15-4-5-16-32/h2-3,7,9-13,22H,4-6,8,14-19H2,1H3,(H,28,33). The largest absolute Gasteiger partial charge is 0.372 e. The predicted octanol–water partition coefficient (Wildman–Crippen LogP) is 4.17. The molecular weight excluding hydrogens is 426 g/mol. The van der Waals surface area contributed by atoms with Crippen LogP contribution in [0.4, 0.5) is 5.69 Å². The number of nitrogens with one attached hydrogen (secondary N) is 1. The van der Waals surface area contributed by atoms with Crippen molar-refractivity contribution in [1.82, 2.24) is 20.4 Å². The van der Waals surface area contributed by atoms with Gasteiger partial charge >= 0.3 is 0 Å². The van der Waals surface area contributed by atoms with Gasteiger partial charge in [-0.15, -0.1) is 0 Å². The van der Waals surface area contributed by atoms with E-state index in [1.807, 2.05) is 31.2 Å². The van der Waals surface area contributed by atoms with E-state index in [9.17, 15) is 4.79 Å². The molecule has 34 heavy (non-hydrogen) atoms. The lowest BCUT2D eigenvalue weighted by atomic mass is 9.97. The number of carbonyl (C=O) groups excluding carboxylic acids is 1. The smallest absolute Gasteiger partial charge is 0.241 e. The minimum atomic E-state index is -0.0172. The molecule has 0 radical (unpaired) electrons. The monoisotopic (exact) mass is 459 g/mol. The molecule has 2 fully saturated rings. The Kier molecular flexibility index (Phi) is 6.90. The minimum absolute atomic E-state index is 0.0172. The van der Waals surface area contributed by atoms with Gasteiger partial charge in [-0.2, -0.15) is 4.98 Å². The van der Waals surface area contributed by atoms with Crippen molar-refractivity contribution in [2.45, 2.75) is 45.7 Å². The fourth-order valence-electron chi connectivity index (χ4n) is 4.99. The van der Waals surface area contributed by atoms with E-state index in [1.165, 1.54) is 18.5 Å². The van der Waals surface area contributed by atoms with Crippen LogP contribution in [-0.4, -0.2) is 47.1 Å². The van der Waals surface area contributed by atoms with Crippen LogP contribution in [0, 0.1) is 12.8 Å². The molecule has 3 aromatic rings. The van der Waals surface area contributed by atoms with Crippen molar-refractivity contribution >= 4 is 11.6 Å². The summed E-state index contributed by atoms with van der Waals surface area (Å²) < 4.78 is 5.52. The SMILES string of the molecule is Cc1ccccc1-c1noc(CN2CCCC(C(=O)NCc3ccc(N4CCCC4)cc3)C2)n1. The zero-order valence-corrected chi connectivity index (χ0v) is 19.9. The van der Waals surface area contributed by atoms with E-state index < -0.39 is 0 Å². The van der Waals surface area contributed by atoms with Crippen LogP contribution in [0.5, 0.6) is 0 Å². The van der Waals surface area contributed by atoms with Crippen molar-refractivity contribution in [3.63, 3.8) is 0 Å². The first-order chi connectivity index (χ1) is 16.7. The lowest BCUT2D eigenvalue weighted by molar-refractivity contribution is -0.127. The first kappa shape index (κ1) is 22.6. The Morgan fingerprint density at radius 2 is 1.85 bits per heavy atom. The summed E-state index contributed by atoms with van der Waals surface area (Å²) in [7, 11) is 0. The second-order valence-corrected chi connectivity index (χ2v) is 9.48. The third-order valence-corrected chi connectivity index (χ3v) is 6.96. The number of rotatable bonds is 7. The summed E-state index contributed by atoms with van der Waals surface area (Å²) >= 11 is 0. The highest BCUT2D eigenvalue weighted by Gasteiger charge is 2.27. The highest BCUT2D eigenvalue weighted by molar-refractivity contribution is 5.79. The van der Waals surface area contributed by atoms with Crippen LogP contribution in [0.2, 0.25) is 0 Å². The molecule has 2 aromatic carbocycles. The Labute approximate surface area is 201 Å². The van der Waals surface area contributed by atoms with E-state index in [0.717, 1.165) is 49.2 Å². The second kappa shape index (κ2) is 10.4. The van der Waals surface area contributed by atoms with Crippen molar-refractivity contribution in [3.8, 4) is 11.4 Å². The van der Waals surface area contributed by atoms with Gasteiger partial charge in [0.15, 0.2) is 0 Å². The van der Waals surface area contributed by atoms with Gasteiger partial charge in [-0.25, -0.2) is 0 Å². The molecule has 0 aliphatic carbocycles. The maximum atomic E-state index is 12.9. The molecule has 3 heterocycles. The molecule has 0 saturated carbocycles. The van der Waals surface area contributed by atoms with Gasteiger partial charge in [-0.1, -0.05) is 41.6 Å². The molecule has 2 aliphatic rings. The molecule has 1 amide bonds. The lowest BCUT2D eigenvalue weighted by Gasteiger charge is -2.30. The van der Waals surface area contributed by atoms with Crippen LogP contribution in [0.15, 0.2) is 53.1 Å². The molecule has 2 aliphatic heterocycles. The molecule has 1 atom stereocenters. The van der Waals surface area contributed by atoms with Crippen molar-refractivity contribution in [2.75, 3.05) is 31.1 Å². The van der Waals surface area contributed by atoms with Gasteiger partial charge in [0.25, 0.3) is 0 Å². The number of amides is 1. The van der Waals surface area contributed by atoms with Crippen LogP contribution in [0.3, 0.4) is 0 Å². The Hall–Kier alpha value is -3.19. The number of likely N-dealkylation sites (tertiary alicyclic amines) is 1. The number of anilines is 1. The molecule has 1 aromatic heterocycles. The molecule has 1 N–H and O–H groups in total. The summed E-state index contributed by atoms with van der Waals surface area (Å²) in [6.45, 7) is 7.11.